The molecule has 2 rings (SSSR count). The lowest BCUT2D eigenvalue weighted by Gasteiger charge is -2.00. The lowest BCUT2D eigenvalue weighted by molar-refractivity contribution is -0.0762. The molecule has 0 fully saturated rings. The fourth-order valence-corrected chi connectivity index (χ4v) is 1.73. The summed E-state index contributed by atoms with van der Waals surface area (Å²) < 4.78 is 0.964. The third kappa shape index (κ3) is 1.73. The van der Waals surface area contributed by atoms with E-state index in [0.717, 1.165) is 15.7 Å². The molecule has 13 heavy (non-hydrogen) atoms. The Kier molecular flexibility index (Phi) is 2.33. The van der Waals surface area contributed by atoms with Gasteiger partial charge in [-0.1, -0.05) is 39.3 Å². The van der Waals surface area contributed by atoms with E-state index in [-0.39, 0.29) is 0 Å². The van der Waals surface area contributed by atoms with Crippen LogP contribution in [0.4, 0.5) is 0 Å². The van der Waals surface area contributed by atoms with Crippen molar-refractivity contribution < 1.29 is 9.94 Å². The van der Waals surface area contributed by atoms with Gasteiger partial charge in [0, 0.05) is 10.0 Å². The molecule has 1 aromatic rings. The predicted molar refractivity (Wildman–Crippen MR) is 52.4 cm³/mol. The number of benzene rings is 1. The summed E-state index contributed by atoms with van der Waals surface area (Å²) >= 11 is 3.41. The molecule has 1 unspecified atom stereocenters. The molecular weight excluding hydrogens is 234 g/mol. The third-order valence-corrected chi connectivity index (χ3v) is 2.53. The molecule has 68 valence electrons. The zero-order chi connectivity index (χ0) is 9.26. The van der Waals surface area contributed by atoms with Gasteiger partial charge in [0.1, 0.15) is 0 Å². The molecule has 0 aliphatic carbocycles. The normalized spacial score (nSPS) is 21.1. The Labute approximate surface area is 84.1 Å². The minimum atomic E-state index is -0.790. The summed E-state index contributed by atoms with van der Waals surface area (Å²) in [6, 6.07) is 7.72. The first kappa shape index (κ1) is 8.72. The van der Waals surface area contributed by atoms with Gasteiger partial charge in [-0.3, -0.25) is 0 Å². The first-order chi connectivity index (χ1) is 6.27. The van der Waals surface area contributed by atoms with Crippen molar-refractivity contribution in [1.82, 2.24) is 0 Å². The Bertz CT molecular complexity index is 351. The molecule has 0 spiro atoms. The van der Waals surface area contributed by atoms with E-state index < -0.39 is 6.29 Å². The lowest BCUT2D eigenvalue weighted by Crippen LogP contribution is -2.06. The van der Waals surface area contributed by atoms with Crippen molar-refractivity contribution in [2.45, 2.75) is 12.7 Å². The Balaban J connectivity index is 2.31. The van der Waals surface area contributed by atoms with Crippen LogP contribution < -0.4 is 0 Å². The van der Waals surface area contributed by atoms with Crippen molar-refractivity contribution in [3.8, 4) is 0 Å². The number of oxime groups is 1. The summed E-state index contributed by atoms with van der Waals surface area (Å²) in [6.07, 6.45) is -0.343. The highest BCUT2D eigenvalue weighted by Crippen LogP contribution is 2.22. The fraction of sp³-hybridized carbons (Fsp3) is 0.222. The highest BCUT2D eigenvalue weighted by molar-refractivity contribution is 9.10. The summed E-state index contributed by atoms with van der Waals surface area (Å²) in [6.45, 7) is 0. The zero-order valence-electron chi connectivity index (χ0n) is 6.77. The summed E-state index contributed by atoms with van der Waals surface area (Å²) in [5.41, 5.74) is 1.75. The summed E-state index contributed by atoms with van der Waals surface area (Å²) in [5, 5.41) is 12.9. The minimum absolute atomic E-state index is 0.447. The van der Waals surface area contributed by atoms with Crippen LogP contribution in [0.1, 0.15) is 12.0 Å². The van der Waals surface area contributed by atoms with Crippen LogP contribution in [0.5, 0.6) is 0 Å². The summed E-state index contributed by atoms with van der Waals surface area (Å²) in [4.78, 5) is 4.70. The Morgan fingerprint density at radius 1 is 1.46 bits per heavy atom. The second-order valence-corrected chi connectivity index (χ2v) is 3.64. The summed E-state index contributed by atoms with van der Waals surface area (Å²) in [7, 11) is 0. The number of nitrogens with zero attached hydrogens (tertiary/aromatic N) is 1. The van der Waals surface area contributed by atoms with Crippen LogP contribution in [0.15, 0.2) is 33.9 Å². The lowest BCUT2D eigenvalue weighted by atomic mass is 10.1. The monoisotopic (exact) mass is 241 g/mol. The van der Waals surface area contributed by atoms with Crippen molar-refractivity contribution in [1.29, 1.82) is 0 Å². The molecule has 3 nitrogen and oxygen atoms in total. The Morgan fingerprint density at radius 2 is 2.23 bits per heavy atom. The van der Waals surface area contributed by atoms with Crippen LogP contribution in [-0.4, -0.2) is 17.1 Å². The van der Waals surface area contributed by atoms with Crippen LogP contribution in [-0.2, 0) is 4.84 Å². The molecule has 0 aromatic heterocycles. The Hall–Kier alpha value is -0.870. The van der Waals surface area contributed by atoms with E-state index in [2.05, 4.69) is 21.1 Å². The third-order valence-electron chi connectivity index (χ3n) is 1.84. The van der Waals surface area contributed by atoms with Crippen LogP contribution in [0, 0.1) is 0 Å². The smallest absolute Gasteiger partial charge is 0.230 e. The van der Waals surface area contributed by atoms with Crippen molar-refractivity contribution in [2.75, 3.05) is 0 Å². The largest absolute Gasteiger partial charge is 0.363 e. The van der Waals surface area contributed by atoms with E-state index in [1.165, 1.54) is 0 Å². The van der Waals surface area contributed by atoms with Crippen LogP contribution in [0.2, 0.25) is 0 Å². The van der Waals surface area contributed by atoms with Crippen molar-refractivity contribution >= 4 is 21.6 Å². The van der Waals surface area contributed by atoms with Gasteiger partial charge in [-0.05, 0) is 6.07 Å². The number of halogens is 1. The van der Waals surface area contributed by atoms with Gasteiger partial charge >= 0.3 is 0 Å². The molecule has 1 aliphatic heterocycles. The highest BCUT2D eigenvalue weighted by atomic mass is 79.9. The summed E-state index contributed by atoms with van der Waals surface area (Å²) in [5.74, 6) is 0. The Morgan fingerprint density at radius 3 is 2.85 bits per heavy atom. The highest BCUT2D eigenvalue weighted by Gasteiger charge is 2.20. The first-order valence-corrected chi connectivity index (χ1v) is 4.72. The predicted octanol–water partition coefficient (Wildman–Crippen LogP) is 1.89. The number of rotatable bonds is 1. The second-order valence-electron chi connectivity index (χ2n) is 2.78. The average Bonchev–Trinajstić information content (AvgIpc) is 2.53. The van der Waals surface area contributed by atoms with E-state index >= 15 is 0 Å². The number of hydrogen-bond acceptors (Lipinski definition) is 3. The standard InChI is InChI=1S/C9H8BrNO2/c10-7-4-2-1-3-6(7)8-5-9(12)13-11-8/h1-4,9,12H,5H2. The van der Waals surface area contributed by atoms with Gasteiger partial charge < -0.3 is 9.94 Å². The van der Waals surface area contributed by atoms with E-state index in [1.54, 1.807) is 0 Å². The maximum atomic E-state index is 9.10. The van der Waals surface area contributed by atoms with E-state index in [4.69, 9.17) is 9.94 Å². The van der Waals surface area contributed by atoms with Crippen molar-refractivity contribution in [2.24, 2.45) is 5.16 Å². The molecule has 1 aromatic carbocycles. The molecule has 0 radical (unpaired) electrons. The van der Waals surface area contributed by atoms with E-state index in [9.17, 15) is 0 Å². The number of aliphatic hydroxyl groups excluding tert-OH is 1. The van der Waals surface area contributed by atoms with Gasteiger partial charge in [-0.25, -0.2) is 0 Å². The minimum Gasteiger partial charge on any atom is -0.363 e. The number of aliphatic hydroxyl groups is 1. The SMILES string of the molecule is OC1CC(c2ccccc2Br)=NO1. The average molecular weight is 242 g/mol. The van der Waals surface area contributed by atoms with Gasteiger partial charge in [0.2, 0.25) is 6.29 Å². The molecule has 1 heterocycles. The van der Waals surface area contributed by atoms with Gasteiger partial charge in [0.05, 0.1) is 12.1 Å². The molecule has 1 N–H and O–H groups in total. The fourth-order valence-electron chi connectivity index (χ4n) is 1.22. The molecule has 0 bridgehead atoms. The van der Waals surface area contributed by atoms with Gasteiger partial charge in [0.15, 0.2) is 0 Å². The molecule has 0 saturated heterocycles. The van der Waals surface area contributed by atoms with Crippen LogP contribution in [0.25, 0.3) is 0 Å². The second kappa shape index (κ2) is 3.47. The van der Waals surface area contributed by atoms with Crippen LogP contribution >= 0.6 is 15.9 Å². The van der Waals surface area contributed by atoms with Gasteiger partial charge in [-0.15, -0.1) is 0 Å². The van der Waals surface area contributed by atoms with Gasteiger partial charge in [-0.2, -0.15) is 0 Å². The maximum Gasteiger partial charge on any atom is 0.230 e. The molecule has 0 saturated carbocycles. The molecule has 1 aliphatic rings. The van der Waals surface area contributed by atoms with Crippen molar-refractivity contribution in [3.63, 3.8) is 0 Å². The topological polar surface area (TPSA) is 41.8 Å². The molecule has 1 atom stereocenters. The maximum absolute atomic E-state index is 9.10. The molecule has 0 amide bonds. The quantitative estimate of drug-likeness (QED) is 0.816. The molecule has 4 heteroatoms. The van der Waals surface area contributed by atoms with Crippen LogP contribution in [0.3, 0.4) is 0 Å². The van der Waals surface area contributed by atoms with Gasteiger partial charge in [0.25, 0.3) is 0 Å². The van der Waals surface area contributed by atoms with E-state index in [1.807, 2.05) is 24.3 Å². The van der Waals surface area contributed by atoms with E-state index in [0.29, 0.717) is 6.42 Å². The van der Waals surface area contributed by atoms with Crippen molar-refractivity contribution in [3.05, 3.63) is 34.3 Å². The first-order valence-electron chi connectivity index (χ1n) is 3.93. The number of hydrogen-bond donors (Lipinski definition) is 1. The zero-order valence-corrected chi connectivity index (χ0v) is 8.36. The molecular formula is C9H8BrNO2.